The van der Waals surface area contributed by atoms with Gasteiger partial charge in [-0.2, -0.15) is 0 Å². The summed E-state index contributed by atoms with van der Waals surface area (Å²) >= 11 is 1.76. The van der Waals surface area contributed by atoms with Gasteiger partial charge in [0.05, 0.1) is 10.7 Å². The molecule has 0 amide bonds. The maximum Gasteiger partial charge on any atom is 0.0897 e. The number of hydrogen-bond donors (Lipinski definition) is 0. The molecule has 0 aromatic carbocycles. The zero-order chi connectivity index (χ0) is 12.5. The quantitative estimate of drug-likeness (QED) is 0.777. The van der Waals surface area contributed by atoms with Gasteiger partial charge in [-0.1, -0.05) is 6.08 Å². The SMILES string of the molecule is C=CCN1CC[C@H]2[C@H]1CCN2Cc1csc(C)n1. The molecule has 98 valence electrons. The Morgan fingerprint density at radius 3 is 2.78 bits per heavy atom. The molecule has 18 heavy (non-hydrogen) atoms. The van der Waals surface area contributed by atoms with Gasteiger partial charge in [0.1, 0.15) is 0 Å². The monoisotopic (exact) mass is 263 g/mol. The summed E-state index contributed by atoms with van der Waals surface area (Å²) in [5.41, 5.74) is 1.25. The van der Waals surface area contributed by atoms with Crippen LogP contribution in [0.2, 0.25) is 0 Å². The van der Waals surface area contributed by atoms with Crippen LogP contribution in [-0.2, 0) is 6.54 Å². The molecule has 3 nitrogen and oxygen atoms in total. The smallest absolute Gasteiger partial charge is 0.0897 e. The molecule has 2 aliphatic rings. The van der Waals surface area contributed by atoms with E-state index in [1.54, 1.807) is 11.3 Å². The number of nitrogens with zero attached hydrogens (tertiary/aromatic N) is 3. The van der Waals surface area contributed by atoms with Crippen molar-refractivity contribution in [3.63, 3.8) is 0 Å². The lowest BCUT2D eigenvalue weighted by Gasteiger charge is -2.24. The van der Waals surface area contributed by atoms with Crippen molar-refractivity contribution in [2.24, 2.45) is 0 Å². The van der Waals surface area contributed by atoms with Crippen LogP contribution in [0.1, 0.15) is 23.5 Å². The first-order chi connectivity index (χ1) is 8.78. The molecule has 0 N–H and O–H groups in total. The highest BCUT2D eigenvalue weighted by Crippen LogP contribution is 2.32. The Bertz CT molecular complexity index is 428. The van der Waals surface area contributed by atoms with Crippen molar-refractivity contribution in [3.05, 3.63) is 28.7 Å². The highest BCUT2D eigenvalue weighted by Gasteiger charge is 2.41. The van der Waals surface area contributed by atoms with Crippen molar-refractivity contribution >= 4 is 11.3 Å². The maximum absolute atomic E-state index is 4.59. The van der Waals surface area contributed by atoms with Crippen molar-refractivity contribution in [1.29, 1.82) is 0 Å². The molecule has 0 bridgehead atoms. The highest BCUT2D eigenvalue weighted by atomic mass is 32.1. The summed E-state index contributed by atoms with van der Waals surface area (Å²) in [6, 6.07) is 1.50. The van der Waals surface area contributed by atoms with Crippen LogP contribution < -0.4 is 0 Å². The van der Waals surface area contributed by atoms with Gasteiger partial charge in [-0.15, -0.1) is 17.9 Å². The molecule has 1 aromatic heterocycles. The summed E-state index contributed by atoms with van der Waals surface area (Å²) in [4.78, 5) is 9.81. The minimum atomic E-state index is 0.743. The van der Waals surface area contributed by atoms with Crippen LogP contribution >= 0.6 is 11.3 Å². The summed E-state index contributed by atoms with van der Waals surface area (Å²) in [5.74, 6) is 0. The first kappa shape index (κ1) is 12.3. The molecule has 2 saturated heterocycles. The van der Waals surface area contributed by atoms with E-state index in [9.17, 15) is 0 Å². The van der Waals surface area contributed by atoms with E-state index in [0.717, 1.165) is 25.2 Å². The molecular weight excluding hydrogens is 242 g/mol. The van der Waals surface area contributed by atoms with Gasteiger partial charge in [-0.3, -0.25) is 9.80 Å². The Morgan fingerprint density at radius 1 is 1.39 bits per heavy atom. The van der Waals surface area contributed by atoms with Gasteiger partial charge in [-0.25, -0.2) is 4.98 Å². The van der Waals surface area contributed by atoms with Crippen LogP contribution in [0.3, 0.4) is 0 Å². The fourth-order valence-electron chi connectivity index (χ4n) is 3.44. The van der Waals surface area contributed by atoms with E-state index in [1.807, 2.05) is 6.08 Å². The number of thiazole rings is 1. The van der Waals surface area contributed by atoms with Crippen molar-refractivity contribution in [3.8, 4) is 0 Å². The molecule has 0 radical (unpaired) electrons. The Labute approximate surface area is 113 Å². The second-order valence-electron chi connectivity index (χ2n) is 5.32. The molecule has 0 spiro atoms. The average Bonchev–Trinajstić information content (AvgIpc) is 3.01. The molecule has 2 aliphatic heterocycles. The summed E-state index contributed by atoms with van der Waals surface area (Å²) in [7, 11) is 0. The van der Waals surface area contributed by atoms with E-state index in [-0.39, 0.29) is 0 Å². The van der Waals surface area contributed by atoms with Gasteiger partial charge in [0.2, 0.25) is 0 Å². The number of aromatic nitrogens is 1. The predicted octanol–water partition coefficient (Wildman–Crippen LogP) is 2.29. The second-order valence-corrected chi connectivity index (χ2v) is 6.39. The lowest BCUT2D eigenvalue weighted by Crippen LogP contribution is -2.36. The van der Waals surface area contributed by atoms with E-state index >= 15 is 0 Å². The zero-order valence-electron chi connectivity index (χ0n) is 11.0. The van der Waals surface area contributed by atoms with Crippen LogP contribution in [0.15, 0.2) is 18.0 Å². The summed E-state index contributed by atoms with van der Waals surface area (Å²) in [6.45, 7) is 10.5. The number of rotatable bonds is 4. The lowest BCUT2D eigenvalue weighted by atomic mass is 10.1. The van der Waals surface area contributed by atoms with Crippen LogP contribution in [0.4, 0.5) is 0 Å². The molecule has 3 heterocycles. The highest BCUT2D eigenvalue weighted by molar-refractivity contribution is 7.09. The van der Waals surface area contributed by atoms with Gasteiger partial charge in [0, 0.05) is 43.6 Å². The van der Waals surface area contributed by atoms with E-state index < -0.39 is 0 Å². The molecule has 3 rings (SSSR count). The van der Waals surface area contributed by atoms with Crippen molar-refractivity contribution in [1.82, 2.24) is 14.8 Å². The van der Waals surface area contributed by atoms with E-state index in [2.05, 4.69) is 33.7 Å². The van der Waals surface area contributed by atoms with Gasteiger partial charge in [-0.05, 0) is 19.8 Å². The third kappa shape index (κ3) is 2.25. The fraction of sp³-hybridized carbons (Fsp3) is 0.643. The van der Waals surface area contributed by atoms with Crippen molar-refractivity contribution in [2.75, 3.05) is 19.6 Å². The van der Waals surface area contributed by atoms with Crippen LogP contribution in [0.5, 0.6) is 0 Å². The molecule has 2 atom stereocenters. The molecule has 0 unspecified atom stereocenters. The van der Waals surface area contributed by atoms with Crippen LogP contribution in [0, 0.1) is 6.92 Å². The molecule has 0 aliphatic carbocycles. The summed E-state index contributed by atoms with van der Waals surface area (Å²) < 4.78 is 0. The first-order valence-corrected chi connectivity index (χ1v) is 7.66. The van der Waals surface area contributed by atoms with E-state index in [1.165, 1.54) is 36.6 Å². The third-order valence-electron chi connectivity index (χ3n) is 4.20. The van der Waals surface area contributed by atoms with Crippen LogP contribution in [0.25, 0.3) is 0 Å². The molecular formula is C14H21N3S. The van der Waals surface area contributed by atoms with Crippen molar-refractivity contribution in [2.45, 2.75) is 38.4 Å². The van der Waals surface area contributed by atoms with Crippen molar-refractivity contribution < 1.29 is 0 Å². The minimum Gasteiger partial charge on any atom is -0.295 e. The summed E-state index contributed by atoms with van der Waals surface area (Å²) in [5, 5.41) is 3.39. The average molecular weight is 263 g/mol. The van der Waals surface area contributed by atoms with Gasteiger partial charge in [0.15, 0.2) is 0 Å². The second kappa shape index (κ2) is 5.11. The normalized spacial score (nSPS) is 28.7. The van der Waals surface area contributed by atoms with E-state index in [0.29, 0.717) is 0 Å². The summed E-state index contributed by atoms with van der Waals surface area (Å²) in [6.07, 6.45) is 4.65. The zero-order valence-corrected chi connectivity index (χ0v) is 11.8. The third-order valence-corrected chi connectivity index (χ3v) is 5.02. The van der Waals surface area contributed by atoms with E-state index in [4.69, 9.17) is 0 Å². The van der Waals surface area contributed by atoms with Gasteiger partial charge < -0.3 is 0 Å². The Balaban J connectivity index is 1.64. The minimum absolute atomic E-state index is 0.743. The van der Waals surface area contributed by atoms with Crippen LogP contribution in [-0.4, -0.2) is 46.5 Å². The number of hydrogen-bond acceptors (Lipinski definition) is 4. The molecule has 1 aromatic rings. The fourth-order valence-corrected chi connectivity index (χ4v) is 4.05. The number of aryl methyl sites for hydroxylation is 1. The number of fused-ring (bicyclic) bond motifs is 1. The molecule has 4 heteroatoms. The maximum atomic E-state index is 4.59. The standard InChI is InChI=1S/C14H21N3S/c1-3-6-16-7-4-14-13(16)5-8-17(14)9-12-10-18-11(2)15-12/h3,10,13-14H,1,4-9H2,2H3/t13-,14+/m1/s1. The number of likely N-dealkylation sites (tertiary alicyclic amines) is 2. The Kier molecular flexibility index (Phi) is 3.50. The Morgan fingerprint density at radius 2 is 2.11 bits per heavy atom. The largest absolute Gasteiger partial charge is 0.295 e. The molecule has 0 saturated carbocycles. The topological polar surface area (TPSA) is 19.4 Å². The van der Waals surface area contributed by atoms with Gasteiger partial charge >= 0.3 is 0 Å². The lowest BCUT2D eigenvalue weighted by molar-refractivity contribution is 0.224. The Hall–Kier alpha value is -0.710. The molecule has 2 fully saturated rings. The van der Waals surface area contributed by atoms with Gasteiger partial charge in [0.25, 0.3) is 0 Å². The predicted molar refractivity (Wildman–Crippen MR) is 75.8 cm³/mol. The first-order valence-electron chi connectivity index (χ1n) is 6.78.